The maximum Gasteiger partial charge on any atom is 0.228 e. The number of amides is 1. The van der Waals surface area contributed by atoms with Crippen molar-refractivity contribution in [2.45, 2.75) is 30.2 Å². The summed E-state index contributed by atoms with van der Waals surface area (Å²) < 4.78 is 12.7. The Hall–Kier alpha value is -2.23. The van der Waals surface area contributed by atoms with Gasteiger partial charge < -0.3 is 24.6 Å². The number of likely N-dealkylation sites (N-methyl/N-ethyl adjacent to an activating group) is 1. The lowest BCUT2D eigenvalue weighted by Gasteiger charge is -2.36. The number of fused-ring (bicyclic) bond motifs is 1. The minimum absolute atomic E-state index is 0.0965. The summed E-state index contributed by atoms with van der Waals surface area (Å²) in [5.41, 5.74) is 1.93. The van der Waals surface area contributed by atoms with Crippen LogP contribution in [0.15, 0.2) is 29.2 Å². The van der Waals surface area contributed by atoms with Crippen molar-refractivity contribution in [3.63, 3.8) is 0 Å². The second-order valence-electron chi connectivity index (χ2n) is 8.53. The number of carbonyl (C=O) groups excluding carboxylic acids is 1. The molecule has 0 radical (unpaired) electrons. The molecule has 0 saturated carbocycles. The Morgan fingerprint density at radius 2 is 1.88 bits per heavy atom. The molecule has 0 bridgehead atoms. The fourth-order valence-electron chi connectivity index (χ4n) is 4.60. The molecule has 5 rings (SSSR count). The van der Waals surface area contributed by atoms with Crippen LogP contribution in [0.25, 0.3) is 0 Å². The van der Waals surface area contributed by atoms with Gasteiger partial charge in [-0.1, -0.05) is 23.7 Å². The number of likely N-dealkylation sites (tertiary alicyclic amines) is 1. The van der Waals surface area contributed by atoms with Crippen molar-refractivity contribution in [1.29, 1.82) is 0 Å². The van der Waals surface area contributed by atoms with Gasteiger partial charge in [-0.05, 0) is 29.7 Å². The number of nitrogens with zero attached hydrogens (tertiary/aromatic N) is 5. The summed E-state index contributed by atoms with van der Waals surface area (Å²) in [4.78, 5) is 28.4. The normalized spacial score (nSPS) is 23.5. The number of halogens is 1. The zero-order chi connectivity index (χ0) is 22.2. The molecule has 8 nitrogen and oxygen atoms in total. The molecule has 2 aromatic rings. The molecule has 10 heteroatoms. The highest BCUT2D eigenvalue weighted by Crippen LogP contribution is 2.34. The molecule has 32 heavy (non-hydrogen) atoms. The van der Waals surface area contributed by atoms with E-state index in [0.717, 1.165) is 53.9 Å². The summed E-state index contributed by atoms with van der Waals surface area (Å²) in [6.45, 7) is 3.85. The number of hydrogen-bond acceptors (Lipinski definition) is 7. The van der Waals surface area contributed by atoms with Gasteiger partial charge in [0, 0.05) is 58.7 Å². The van der Waals surface area contributed by atoms with Crippen molar-refractivity contribution in [2.75, 3.05) is 60.6 Å². The van der Waals surface area contributed by atoms with Gasteiger partial charge >= 0.3 is 0 Å². The first-order chi connectivity index (χ1) is 15.5. The minimum Gasteiger partial charge on any atom is -0.611 e. The predicted octanol–water partition coefficient (Wildman–Crippen LogP) is 2.15. The maximum atomic E-state index is 12.7. The average Bonchev–Trinajstić information content (AvgIpc) is 3.18. The standard InChI is InChI=1S/C22H27ClN6O2S/c1-27-14-15(6-7-19(27)30)24-21-20-17(8-13-32(20)31)25-22(26-21)29-11-9-28(10-12-29)18-5-3-2-4-16(18)23/h2-5,15H,6-14H2,1H3,(H,24,25,26)/t15-,32?/m0/s1. The van der Waals surface area contributed by atoms with Crippen LogP contribution in [0.2, 0.25) is 5.02 Å². The van der Waals surface area contributed by atoms with Crippen molar-refractivity contribution in [2.24, 2.45) is 0 Å². The number of para-hydroxylation sites is 1. The fraction of sp³-hybridized carbons (Fsp3) is 0.500. The third-order valence-corrected chi connectivity index (χ3v) is 8.18. The molecule has 2 atom stereocenters. The maximum absolute atomic E-state index is 12.7. The monoisotopic (exact) mass is 474 g/mol. The van der Waals surface area contributed by atoms with Gasteiger partial charge in [-0.15, -0.1) is 0 Å². The number of piperazine rings is 1. The van der Waals surface area contributed by atoms with E-state index in [1.54, 1.807) is 4.90 Å². The van der Waals surface area contributed by atoms with Crippen LogP contribution >= 0.6 is 11.6 Å². The molecule has 2 saturated heterocycles. The van der Waals surface area contributed by atoms with Crippen molar-refractivity contribution >= 4 is 46.1 Å². The number of piperidine rings is 1. The smallest absolute Gasteiger partial charge is 0.228 e. The van der Waals surface area contributed by atoms with E-state index >= 15 is 0 Å². The van der Waals surface area contributed by atoms with Crippen LogP contribution in [0.1, 0.15) is 18.5 Å². The topological polar surface area (TPSA) is 87.7 Å². The number of aryl methyl sites for hydroxylation is 1. The number of aromatic nitrogens is 2. The number of benzene rings is 1. The van der Waals surface area contributed by atoms with Crippen molar-refractivity contribution in [1.82, 2.24) is 14.9 Å². The average molecular weight is 475 g/mol. The summed E-state index contributed by atoms with van der Waals surface area (Å²) in [5.74, 6) is 2.11. The van der Waals surface area contributed by atoms with Gasteiger partial charge in [0.2, 0.25) is 16.8 Å². The lowest BCUT2D eigenvalue weighted by molar-refractivity contribution is -0.132. The molecule has 1 aromatic heterocycles. The third kappa shape index (κ3) is 4.21. The predicted molar refractivity (Wildman–Crippen MR) is 127 cm³/mol. The van der Waals surface area contributed by atoms with Gasteiger partial charge in [0.15, 0.2) is 5.82 Å². The first kappa shape index (κ1) is 21.6. The van der Waals surface area contributed by atoms with Crippen LogP contribution in [0.3, 0.4) is 0 Å². The molecule has 1 N–H and O–H groups in total. The largest absolute Gasteiger partial charge is 0.611 e. The number of anilines is 3. The molecule has 0 spiro atoms. The molecule has 3 aliphatic rings. The molecule has 0 aliphatic carbocycles. The summed E-state index contributed by atoms with van der Waals surface area (Å²) in [7, 11) is 1.82. The van der Waals surface area contributed by atoms with E-state index in [4.69, 9.17) is 21.6 Å². The first-order valence-corrected chi connectivity index (χ1v) is 12.7. The van der Waals surface area contributed by atoms with E-state index in [0.29, 0.717) is 36.9 Å². The quantitative estimate of drug-likeness (QED) is 0.679. The lowest BCUT2D eigenvalue weighted by atomic mass is 10.1. The molecule has 3 aliphatic heterocycles. The Morgan fingerprint density at radius 3 is 2.62 bits per heavy atom. The summed E-state index contributed by atoms with van der Waals surface area (Å²) in [6, 6.07) is 8.01. The summed E-state index contributed by atoms with van der Waals surface area (Å²) in [6.07, 6.45) is 1.97. The Morgan fingerprint density at radius 1 is 1.12 bits per heavy atom. The van der Waals surface area contributed by atoms with Gasteiger partial charge in [-0.2, -0.15) is 4.98 Å². The molecular weight excluding hydrogens is 448 g/mol. The molecule has 2 fully saturated rings. The highest BCUT2D eigenvalue weighted by atomic mass is 35.5. The van der Waals surface area contributed by atoms with Crippen molar-refractivity contribution in [3.8, 4) is 0 Å². The minimum atomic E-state index is -1.09. The zero-order valence-electron chi connectivity index (χ0n) is 18.1. The van der Waals surface area contributed by atoms with Gasteiger partial charge in [-0.3, -0.25) is 4.79 Å². The van der Waals surface area contributed by atoms with E-state index in [-0.39, 0.29) is 11.9 Å². The van der Waals surface area contributed by atoms with E-state index in [9.17, 15) is 9.35 Å². The summed E-state index contributed by atoms with van der Waals surface area (Å²) in [5, 5.41) is 4.26. The number of carbonyl (C=O) groups is 1. The van der Waals surface area contributed by atoms with Crippen LogP contribution in [0, 0.1) is 0 Å². The second-order valence-corrected chi connectivity index (χ2v) is 10.4. The van der Waals surface area contributed by atoms with E-state index in [1.807, 2.05) is 31.3 Å². The molecular formula is C22H27ClN6O2S. The lowest BCUT2D eigenvalue weighted by Crippen LogP contribution is -2.47. The van der Waals surface area contributed by atoms with Gasteiger partial charge in [0.25, 0.3) is 0 Å². The highest BCUT2D eigenvalue weighted by molar-refractivity contribution is 7.91. The van der Waals surface area contributed by atoms with E-state index in [1.165, 1.54) is 0 Å². The molecule has 1 aromatic carbocycles. The highest BCUT2D eigenvalue weighted by Gasteiger charge is 2.35. The number of hydrogen-bond donors (Lipinski definition) is 1. The fourth-order valence-corrected chi connectivity index (χ4v) is 6.17. The van der Waals surface area contributed by atoms with Gasteiger partial charge in [-0.25, -0.2) is 4.98 Å². The van der Waals surface area contributed by atoms with Gasteiger partial charge in [0.05, 0.1) is 10.7 Å². The molecule has 1 amide bonds. The van der Waals surface area contributed by atoms with Crippen LogP contribution in [-0.4, -0.2) is 76.9 Å². The van der Waals surface area contributed by atoms with Crippen molar-refractivity contribution in [3.05, 3.63) is 35.0 Å². The summed E-state index contributed by atoms with van der Waals surface area (Å²) >= 11 is 5.29. The Kier molecular flexibility index (Phi) is 6.05. The molecule has 1 unspecified atom stereocenters. The van der Waals surface area contributed by atoms with Crippen LogP contribution in [0.4, 0.5) is 17.5 Å². The van der Waals surface area contributed by atoms with Crippen molar-refractivity contribution < 1.29 is 9.35 Å². The van der Waals surface area contributed by atoms with E-state index in [2.05, 4.69) is 15.1 Å². The number of nitrogens with one attached hydrogen (secondary N) is 1. The molecule has 170 valence electrons. The Labute approximate surface area is 196 Å². The van der Waals surface area contributed by atoms with Crippen LogP contribution < -0.4 is 15.1 Å². The zero-order valence-corrected chi connectivity index (χ0v) is 19.7. The van der Waals surface area contributed by atoms with E-state index < -0.39 is 11.2 Å². The Balaban J connectivity index is 1.34. The first-order valence-electron chi connectivity index (χ1n) is 11.0. The third-order valence-electron chi connectivity index (χ3n) is 6.40. The molecule has 4 heterocycles. The SMILES string of the molecule is CN1C[C@@H](Nc2nc(N3CCN(c4ccccc4Cl)CC3)nc3c2[S+]([O-])CC3)CCC1=O. The Bertz CT molecular complexity index is 1020. The number of rotatable bonds is 4. The second kappa shape index (κ2) is 8.96. The van der Waals surface area contributed by atoms with Crippen LogP contribution in [-0.2, 0) is 22.4 Å². The van der Waals surface area contributed by atoms with Crippen LogP contribution in [0.5, 0.6) is 0 Å². The van der Waals surface area contributed by atoms with Gasteiger partial charge in [0.1, 0.15) is 11.4 Å².